The van der Waals surface area contributed by atoms with Gasteiger partial charge in [-0.1, -0.05) is 35.9 Å². The van der Waals surface area contributed by atoms with E-state index in [-0.39, 0.29) is 10.0 Å². The molecule has 2 aromatic heterocycles. The third-order valence-electron chi connectivity index (χ3n) is 3.08. The van der Waals surface area contributed by atoms with E-state index in [1.54, 1.807) is 23.6 Å². The van der Waals surface area contributed by atoms with Crippen molar-refractivity contribution in [3.63, 3.8) is 0 Å². The lowest BCUT2D eigenvalue weighted by Crippen LogP contribution is -2.13. The normalized spacial score (nSPS) is 11.2. The molecule has 0 radical (unpaired) electrons. The predicted molar refractivity (Wildman–Crippen MR) is 95.9 cm³/mol. The van der Waals surface area contributed by atoms with Gasteiger partial charge in [-0.3, -0.25) is 4.72 Å². The van der Waals surface area contributed by atoms with Gasteiger partial charge in [0, 0.05) is 11.6 Å². The summed E-state index contributed by atoms with van der Waals surface area (Å²) in [6, 6.07) is 13.9. The summed E-state index contributed by atoms with van der Waals surface area (Å²) in [6.45, 7) is 0.495. The van der Waals surface area contributed by atoms with Gasteiger partial charge in [-0.2, -0.15) is 0 Å². The fourth-order valence-corrected chi connectivity index (χ4v) is 4.10. The Balaban J connectivity index is 1.65. The van der Waals surface area contributed by atoms with Crippen LogP contribution >= 0.6 is 22.9 Å². The summed E-state index contributed by atoms with van der Waals surface area (Å²) in [6.07, 6.45) is 0. The summed E-state index contributed by atoms with van der Waals surface area (Å²) in [5.74, 6) is 0.681. The molecule has 0 saturated heterocycles. The first-order valence-corrected chi connectivity index (χ1v) is 9.66. The second-order valence-electron chi connectivity index (χ2n) is 4.79. The van der Waals surface area contributed by atoms with E-state index in [2.05, 4.69) is 20.2 Å². The van der Waals surface area contributed by atoms with Crippen molar-refractivity contribution < 1.29 is 8.42 Å². The van der Waals surface area contributed by atoms with Crippen molar-refractivity contribution >= 4 is 44.6 Å². The average molecular weight is 381 g/mol. The molecular weight excluding hydrogens is 368 g/mol. The van der Waals surface area contributed by atoms with Crippen LogP contribution in [0.4, 0.5) is 11.6 Å². The fraction of sp³-hybridized carbons (Fsp3) is 0.0667. The zero-order valence-corrected chi connectivity index (χ0v) is 14.7. The first kappa shape index (κ1) is 16.7. The van der Waals surface area contributed by atoms with Gasteiger partial charge in [-0.25, -0.2) is 8.42 Å². The molecule has 2 heterocycles. The molecule has 2 N–H and O–H groups in total. The number of hydrogen-bond acceptors (Lipinski definition) is 6. The number of aromatic nitrogens is 2. The number of benzene rings is 1. The molecule has 0 fully saturated rings. The van der Waals surface area contributed by atoms with E-state index in [9.17, 15) is 8.42 Å². The van der Waals surface area contributed by atoms with Crippen LogP contribution in [0.15, 0.2) is 58.1 Å². The van der Waals surface area contributed by atoms with Crippen LogP contribution in [0.25, 0.3) is 0 Å². The standard InChI is InChI=1S/C15H13ClN4O2S2/c16-12-5-2-1-4-11(12)10-17-13-7-8-14(19-18-13)20-24(21,22)15-6-3-9-23-15/h1-9H,10H2,(H,17,18)(H,19,20). The number of rotatable bonds is 6. The molecule has 6 nitrogen and oxygen atoms in total. The molecule has 0 atom stereocenters. The largest absolute Gasteiger partial charge is 0.364 e. The Kier molecular flexibility index (Phi) is 4.98. The first-order valence-electron chi connectivity index (χ1n) is 6.92. The highest BCUT2D eigenvalue weighted by molar-refractivity contribution is 7.94. The van der Waals surface area contributed by atoms with Crippen LogP contribution in [-0.4, -0.2) is 18.6 Å². The molecule has 9 heteroatoms. The Bertz CT molecular complexity index is 913. The quantitative estimate of drug-likeness (QED) is 0.682. The third-order valence-corrected chi connectivity index (χ3v) is 6.20. The minimum Gasteiger partial charge on any atom is -0.364 e. The molecule has 0 aliphatic carbocycles. The van der Waals surface area contributed by atoms with E-state index in [1.807, 2.05) is 24.3 Å². The maximum Gasteiger partial charge on any atom is 0.272 e. The van der Waals surface area contributed by atoms with Crippen molar-refractivity contribution in [3.05, 3.63) is 64.5 Å². The highest BCUT2D eigenvalue weighted by Gasteiger charge is 2.15. The fourth-order valence-electron chi connectivity index (χ4n) is 1.91. The molecule has 3 rings (SSSR count). The van der Waals surface area contributed by atoms with E-state index in [1.165, 1.54) is 6.07 Å². The van der Waals surface area contributed by atoms with Gasteiger partial charge in [0.2, 0.25) is 0 Å². The highest BCUT2D eigenvalue weighted by atomic mass is 35.5. The third kappa shape index (κ3) is 4.02. The summed E-state index contributed by atoms with van der Waals surface area (Å²) in [5, 5.41) is 13.3. The van der Waals surface area contributed by atoms with E-state index in [0.717, 1.165) is 16.9 Å². The van der Waals surface area contributed by atoms with Gasteiger partial charge in [0.15, 0.2) is 5.82 Å². The molecule has 0 amide bonds. The van der Waals surface area contributed by atoms with E-state index in [4.69, 9.17) is 11.6 Å². The van der Waals surface area contributed by atoms with Crippen LogP contribution in [0.2, 0.25) is 5.02 Å². The number of sulfonamides is 1. The Morgan fingerprint density at radius 3 is 2.42 bits per heavy atom. The number of nitrogens with zero attached hydrogens (tertiary/aromatic N) is 2. The molecule has 3 aromatic rings. The van der Waals surface area contributed by atoms with Gasteiger partial charge in [0.05, 0.1) is 0 Å². The van der Waals surface area contributed by atoms with Gasteiger partial charge >= 0.3 is 0 Å². The van der Waals surface area contributed by atoms with Crippen LogP contribution in [0.3, 0.4) is 0 Å². The molecule has 0 bridgehead atoms. The van der Waals surface area contributed by atoms with Crippen LogP contribution in [0, 0.1) is 0 Å². The van der Waals surface area contributed by atoms with Crippen LogP contribution < -0.4 is 10.0 Å². The average Bonchev–Trinajstić information content (AvgIpc) is 3.11. The topological polar surface area (TPSA) is 84.0 Å². The SMILES string of the molecule is O=S(=O)(Nc1ccc(NCc2ccccc2Cl)nn1)c1cccs1. The second-order valence-corrected chi connectivity index (χ2v) is 8.05. The number of nitrogens with one attached hydrogen (secondary N) is 2. The minimum atomic E-state index is -3.62. The van der Waals surface area contributed by atoms with Gasteiger partial charge < -0.3 is 5.32 Å². The molecule has 0 saturated carbocycles. The van der Waals surface area contributed by atoms with Crippen molar-refractivity contribution in [2.75, 3.05) is 10.0 Å². The van der Waals surface area contributed by atoms with Crippen molar-refractivity contribution in [2.24, 2.45) is 0 Å². The van der Waals surface area contributed by atoms with Crippen molar-refractivity contribution in [1.82, 2.24) is 10.2 Å². The molecule has 0 spiro atoms. The van der Waals surface area contributed by atoms with Crippen molar-refractivity contribution in [1.29, 1.82) is 0 Å². The maximum absolute atomic E-state index is 12.1. The summed E-state index contributed by atoms with van der Waals surface area (Å²) in [4.78, 5) is 0. The lowest BCUT2D eigenvalue weighted by molar-refractivity contribution is 0.603. The number of thiophene rings is 1. The summed E-state index contributed by atoms with van der Waals surface area (Å²) < 4.78 is 26.8. The predicted octanol–water partition coefficient (Wildman–Crippen LogP) is 3.60. The summed E-state index contributed by atoms with van der Waals surface area (Å²) in [7, 11) is -3.62. The lowest BCUT2D eigenvalue weighted by atomic mass is 10.2. The second kappa shape index (κ2) is 7.16. The van der Waals surface area contributed by atoms with E-state index in [0.29, 0.717) is 17.4 Å². The molecule has 1 aromatic carbocycles. The molecule has 0 aliphatic rings. The smallest absolute Gasteiger partial charge is 0.272 e. The highest BCUT2D eigenvalue weighted by Crippen LogP contribution is 2.20. The van der Waals surface area contributed by atoms with Gasteiger partial charge in [-0.15, -0.1) is 21.5 Å². The van der Waals surface area contributed by atoms with E-state index >= 15 is 0 Å². The van der Waals surface area contributed by atoms with Crippen molar-refractivity contribution in [3.8, 4) is 0 Å². The lowest BCUT2D eigenvalue weighted by Gasteiger charge is -2.08. The van der Waals surface area contributed by atoms with Crippen LogP contribution in [-0.2, 0) is 16.6 Å². The maximum atomic E-state index is 12.1. The summed E-state index contributed by atoms with van der Waals surface area (Å²) in [5.41, 5.74) is 0.934. The summed E-state index contributed by atoms with van der Waals surface area (Å²) >= 11 is 7.22. The Labute approximate surface area is 148 Å². The molecule has 24 heavy (non-hydrogen) atoms. The molecule has 124 valence electrons. The van der Waals surface area contributed by atoms with Crippen LogP contribution in [0.5, 0.6) is 0 Å². The number of halogens is 1. The molecule has 0 aliphatic heterocycles. The van der Waals surface area contributed by atoms with Gasteiger partial charge in [0.1, 0.15) is 10.0 Å². The van der Waals surface area contributed by atoms with Gasteiger partial charge in [0.25, 0.3) is 10.0 Å². The molecule has 0 unspecified atom stereocenters. The van der Waals surface area contributed by atoms with Gasteiger partial charge in [-0.05, 0) is 35.2 Å². The first-order chi connectivity index (χ1) is 11.5. The minimum absolute atomic E-state index is 0.159. The number of anilines is 2. The Morgan fingerprint density at radius 1 is 1.00 bits per heavy atom. The Hall–Kier alpha value is -2.16. The zero-order valence-electron chi connectivity index (χ0n) is 12.3. The van der Waals surface area contributed by atoms with Crippen LogP contribution in [0.1, 0.15) is 5.56 Å². The number of hydrogen-bond donors (Lipinski definition) is 2. The Morgan fingerprint density at radius 2 is 1.75 bits per heavy atom. The monoisotopic (exact) mass is 380 g/mol. The zero-order chi connectivity index (χ0) is 17.0. The molecular formula is C15H13ClN4O2S2. The van der Waals surface area contributed by atoms with E-state index < -0.39 is 10.0 Å². The van der Waals surface area contributed by atoms with Crippen molar-refractivity contribution in [2.45, 2.75) is 10.8 Å².